The zero-order valence-electron chi connectivity index (χ0n) is 17.6. The Morgan fingerprint density at radius 3 is 2.29 bits per heavy atom. The number of rotatable bonds is 5. The lowest BCUT2D eigenvalue weighted by molar-refractivity contribution is 0.0965. The number of carbonyl (C=O) groups excluding carboxylic acids is 1. The van der Waals surface area contributed by atoms with Gasteiger partial charge in [0.15, 0.2) is 0 Å². The summed E-state index contributed by atoms with van der Waals surface area (Å²) < 4.78 is 1.81. The normalized spacial score (nSPS) is 15.4. The Morgan fingerprint density at radius 2 is 1.55 bits per heavy atom. The van der Waals surface area contributed by atoms with E-state index in [4.69, 9.17) is 0 Å². The molecule has 0 aliphatic carbocycles. The van der Waals surface area contributed by atoms with Crippen molar-refractivity contribution in [3.63, 3.8) is 0 Å². The molecule has 1 aromatic heterocycles. The molecule has 3 aromatic carbocycles. The second-order valence-corrected chi connectivity index (χ2v) is 8.11. The number of nitrogens with zero attached hydrogens (tertiary/aromatic N) is 2. The summed E-state index contributed by atoms with van der Waals surface area (Å²) >= 11 is 0. The zero-order chi connectivity index (χ0) is 21.0. The summed E-state index contributed by atoms with van der Waals surface area (Å²) in [5.41, 5.74) is 4.27. The van der Waals surface area contributed by atoms with E-state index in [9.17, 15) is 4.79 Å². The van der Waals surface area contributed by atoms with Crippen molar-refractivity contribution in [2.24, 2.45) is 0 Å². The van der Waals surface area contributed by atoms with Gasteiger partial charge in [0.25, 0.3) is 5.91 Å². The Hall–Kier alpha value is -3.17. The zero-order valence-corrected chi connectivity index (χ0v) is 17.6. The maximum Gasteiger partial charge on any atom is 0.262 e. The van der Waals surface area contributed by atoms with E-state index in [1.807, 2.05) is 53.2 Å². The van der Waals surface area contributed by atoms with E-state index in [1.54, 1.807) is 0 Å². The van der Waals surface area contributed by atoms with Gasteiger partial charge in [-0.05, 0) is 55.1 Å². The lowest BCUT2D eigenvalue weighted by atomic mass is 9.89. The van der Waals surface area contributed by atoms with E-state index in [1.165, 1.54) is 22.4 Å². The Balaban J connectivity index is 1.29. The minimum Gasteiger partial charge on any atom is -0.303 e. The molecule has 0 amide bonds. The van der Waals surface area contributed by atoms with E-state index in [0.29, 0.717) is 5.56 Å². The van der Waals surface area contributed by atoms with Gasteiger partial charge in [-0.1, -0.05) is 66.7 Å². The van der Waals surface area contributed by atoms with Gasteiger partial charge in [-0.2, -0.15) is 0 Å². The average molecular weight is 407 g/mol. The van der Waals surface area contributed by atoms with Crippen molar-refractivity contribution < 1.29 is 4.79 Å². The maximum absolute atomic E-state index is 13.1. The largest absolute Gasteiger partial charge is 0.303 e. The smallest absolute Gasteiger partial charge is 0.262 e. The number of carbonyl (C=O) groups is 1. The summed E-state index contributed by atoms with van der Waals surface area (Å²) in [4.78, 5) is 15.6. The molecule has 0 atom stereocenters. The van der Waals surface area contributed by atoms with Crippen LogP contribution in [-0.2, 0) is 6.42 Å². The molecule has 3 nitrogen and oxygen atoms in total. The number of benzene rings is 3. The lowest BCUT2D eigenvalue weighted by Gasteiger charge is -2.31. The Bertz CT molecular complexity index is 1160. The molecule has 154 valence electrons. The number of likely N-dealkylation sites (tertiary alicyclic amines) is 1. The number of hydrogen-bond acceptors (Lipinski definition) is 2. The van der Waals surface area contributed by atoms with E-state index in [-0.39, 0.29) is 5.91 Å². The van der Waals surface area contributed by atoms with Crippen molar-refractivity contribution in [3.8, 4) is 0 Å². The van der Waals surface area contributed by atoms with Gasteiger partial charge in [-0.25, -0.2) is 0 Å². The lowest BCUT2D eigenvalue weighted by Crippen LogP contribution is -2.35. The third-order valence-electron chi connectivity index (χ3n) is 6.17. The molecule has 0 N–H and O–H groups in total. The Kier molecular flexibility index (Phi) is 5.68. The molecular weight excluding hydrogens is 380 g/mol. The highest BCUT2D eigenvalue weighted by Crippen LogP contribution is 2.27. The molecule has 0 unspecified atom stereocenters. The van der Waals surface area contributed by atoms with Crippen LogP contribution >= 0.6 is 0 Å². The first-order valence-electron chi connectivity index (χ1n) is 10.9. The fraction of sp³-hybridized carbons (Fsp3) is 0.179. The fourth-order valence-electron chi connectivity index (χ4n) is 4.44. The topological polar surface area (TPSA) is 25.2 Å². The van der Waals surface area contributed by atoms with Crippen LogP contribution in [0.15, 0.2) is 91.1 Å². The molecule has 31 heavy (non-hydrogen) atoms. The molecule has 5 rings (SSSR count). The fourth-order valence-corrected chi connectivity index (χ4v) is 4.44. The molecule has 1 aliphatic heterocycles. The van der Waals surface area contributed by atoms with Crippen LogP contribution in [0.2, 0.25) is 0 Å². The molecule has 0 saturated carbocycles. The quantitative estimate of drug-likeness (QED) is 0.443. The van der Waals surface area contributed by atoms with Crippen LogP contribution < -0.4 is 0 Å². The number of piperidine rings is 1. The van der Waals surface area contributed by atoms with E-state index >= 15 is 0 Å². The Labute approximate surface area is 183 Å². The third-order valence-corrected chi connectivity index (χ3v) is 6.17. The monoisotopic (exact) mass is 406 g/mol. The van der Waals surface area contributed by atoms with Gasteiger partial charge in [0.1, 0.15) is 0 Å². The number of hydrogen-bond donors (Lipinski definition) is 0. The standard InChI is InChI=1S/C28H26N2O/c31-28(24-11-5-2-6-12-24)30-21-25(26-13-7-8-14-27(26)30)17-20-29-18-15-23(16-19-29)22-9-3-1-4-10-22/h1-15,21H,16-20H2. The number of para-hydroxylation sites is 1. The molecule has 1 fully saturated rings. The summed E-state index contributed by atoms with van der Waals surface area (Å²) in [6, 6.07) is 28.4. The molecule has 2 radical (unpaired) electrons. The number of aromatic nitrogens is 1. The summed E-state index contributed by atoms with van der Waals surface area (Å²) in [6.07, 6.45) is 6.42. The van der Waals surface area contributed by atoms with Crippen LogP contribution in [-0.4, -0.2) is 35.0 Å². The summed E-state index contributed by atoms with van der Waals surface area (Å²) in [6.45, 7) is 3.04. The number of fused-ring (bicyclic) bond motifs is 1. The van der Waals surface area contributed by atoms with Gasteiger partial charge in [0.2, 0.25) is 0 Å². The summed E-state index contributed by atoms with van der Waals surface area (Å²) in [7, 11) is 0. The SMILES string of the molecule is O=C(c1ccccc1)n1cc(CCN2C[CH][C](c3ccccc3)CC2)c2ccccc21. The molecule has 2 heterocycles. The van der Waals surface area contributed by atoms with Crippen molar-refractivity contribution in [1.82, 2.24) is 9.47 Å². The molecule has 0 bridgehead atoms. The third kappa shape index (κ3) is 4.19. The minimum absolute atomic E-state index is 0.0245. The van der Waals surface area contributed by atoms with E-state index in [0.717, 1.165) is 38.0 Å². The van der Waals surface area contributed by atoms with Gasteiger partial charge >= 0.3 is 0 Å². The Morgan fingerprint density at radius 1 is 0.839 bits per heavy atom. The van der Waals surface area contributed by atoms with Gasteiger partial charge in [0.05, 0.1) is 5.52 Å². The van der Waals surface area contributed by atoms with Crippen LogP contribution in [0, 0.1) is 12.3 Å². The van der Waals surface area contributed by atoms with Crippen molar-refractivity contribution >= 4 is 16.8 Å². The maximum atomic E-state index is 13.1. The van der Waals surface area contributed by atoms with Crippen LogP contribution in [0.3, 0.4) is 0 Å². The summed E-state index contributed by atoms with van der Waals surface area (Å²) in [5, 5.41) is 1.17. The second-order valence-electron chi connectivity index (χ2n) is 8.11. The second kappa shape index (κ2) is 8.91. The molecule has 3 heteroatoms. The predicted molar refractivity (Wildman–Crippen MR) is 126 cm³/mol. The van der Waals surface area contributed by atoms with E-state index in [2.05, 4.69) is 53.8 Å². The van der Waals surface area contributed by atoms with Crippen LogP contribution in [0.1, 0.15) is 27.9 Å². The van der Waals surface area contributed by atoms with Crippen molar-refractivity contribution in [1.29, 1.82) is 0 Å². The minimum atomic E-state index is 0.0245. The van der Waals surface area contributed by atoms with Crippen LogP contribution in [0.5, 0.6) is 0 Å². The average Bonchev–Trinajstić information content (AvgIpc) is 3.22. The van der Waals surface area contributed by atoms with Crippen molar-refractivity contribution in [3.05, 3.63) is 120 Å². The van der Waals surface area contributed by atoms with Crippen LogP contribution in [0.25, 0.3) is 10.9 Å². The highest BCUT2D eigenvalue weighted by molar-refractivity contribution is 6.02. The van der Waals surface area contributed by atoms with Gasteiger partial charge in [0, 0.05) is 36.2 Å². The highest BCUT2D eigenvalue weighted by Gasteiger charge is 2.22. The molecule has 1 saturated heterocycles. The predicted octanol–water partition coefficient (Wildman–Crippen LogP) is 5.41. The van der Waals surface area contributed by atoms with Crippen molar-refractivity contribution in [2.75, 3.05) is 19.6 Å². The molecular formula is C28H26N2O. The first kappa shape index (κ1) is 19.8. The van der Waals surface area contributed by atoms with Crippen molar-refractivity contribution in [2.45, 2.75) is 12.8 Å². The van der Waals surface area contributed by atoms with Crippen LogP contribution in [0.4, 0.5) is 0 Å². The first-order chi connectivity index (χ1) is 15.3. The summed E-state index contributed by atoms with van der Waals surface area (Å²) in [5.74, 6) is 1.47. The first-order valence-corrected chi connectivity index (χ1v) is 10.9. The molecule has 4 aromatic rings. The molecule has 1 aliphatic rings. The van der Waals surface area contributed by atoms with Gasteiger partial charge in [-0.3, -0.25) is 9.36 Å². The highest BCUT2D eigenvalue weighted by atomic mass is 16.2. The van der Waals surface area contributed by atoms with Gasteiger partial charge < -0.3 is 4.90 Å². The van der Waals surface area contributed by atoms with E-state index < -0.39 is 0 Å². The van der Waals surface area contributed by atoms with Gasteiger partial charge in [-0.15, -0.1) is 0 Å². The molecule has 0 spiro atoms.